The van der Waals surface area contributed by atoms with Crippen LogP contribution >= 0.6 is 11.6 Å². The lowest BCUT2D eigenvalue weighted by Gasteiger charge is -2.15. The number of esters is 2. The van der Waals surface area contributed by atoms with Gasteiger partial charge in [-0.05, 0) is 211 Å². The Kier molecular flexibility index (Phi) is 17.8. The minimum Gasteiger partial charge on any atom is -0.481 e. The topological polar surface area (TPSA) is 230 Å². The Labute approximate surface area is 399 Å². The van der Waals surface area contributed by atoms with Gasteiger partial charge in [0, 0.05) is 6.42 Å². The van der Waals surface area contributed by atoms with Crippen LogP contribution in [0.3, 0.4) is 0 Å². The summed E-state index contributed by atoms with van der Waals surface area (Å²) in [7, 11) is -4.98. The predicted octanol–water partition coefficient (Wildman–Crippen LogP) is 5.32. The van der Waals surface area contributed by atoms with E-state index in [1.807, 2.05) is 0 Å². The van der Waals surface area contributed by atoms with Gasteiger partial charge in [-0.25, -0.2) is 22.0 Å². The number of aryl methyl sites for hydroxylation is 6. The highest BCUT2D eigenvalue weighted by Crippen LogP contribution is 2.38. The molecule has 4 N–H and O–H groups in total. The monoisotopic (exact) mass is 982 g/mol. The number of halogens is 1. The highest BCUT2D eigenvalue weighted by atomic mass is 35.5. The van der Waals surface area contributed by atoms with Gasteiger partial charge in [-0.1, -0.05) is 18.2 Å². The number of primary sulfonamides is 1. The Morgan fingerprint density at radius 3 is 1.15 bits per heavy atom. The second kappa shape index (κ2) is 23.1. The molecule has 0 saturated carbocycles. The van der Waals surface area contributed by atoms with E-state index < -0.39 is 49.6 Å². The molecule has 9 rings (SSSR count). The van der Waals surface area contributed by atoms with Crippen LogP contribution in [-0.2, 0) is 150 Å². The molecule has 3 aromatic rings. The number of aliphatic carboxylic acids is 1. The van der Waals surface area contributed by atoms with Gasteiger partial charge in [0.15, 0.2) is 0 Å². The highest BCUT2D eigenvalue weighted by Gasteiger charge is 2.28. The zero-order valence-electron chi connectivity index (χ0n) is 38.6. The summed E-state index contributed by atoms with van der Waals surface area (Å²) >= 11 is 5.58. The number of carbonyl (C=O) groups is 5. The number of ether oxygens (including phenoxy) is 2. The standard InChI is InChI=1S/C18H23NO5S.C14H15ClO.C14H16O2.C4H9NO4S/c1-24-18(21)8-9-25(22,23)19-17(20)11-16-14-6-2-4-12(14)10-13-5-3-7-15(13)16;2*15-14(16)8-13-11-5-1-3-9(11)7-10-4-2-6-12(10)13;1-9-4(6)2-3-10(5,7)8/h10H,2-9,11H2,1H3,(H,19,20);7H,1-6,8H2;7H,1-6,8H2,(H,15,16);2-3H2,1H3,(H2,5,7,8). The molecule has 3 aromatic carbocycles. The molecule has 14 nitrogen and oxygen atoms in total. The number of nitrogens with two attached hydrogens (primary N) is 1. The van der Waals surface area contributed by atoms with Crippen molar-refractivity contribution in [2.45, 2.75) is 148 Å². The number of benzene rings is 3. The third-order valence-electron chi connectivity index (χ3n) is 13.7. The summed E-state index contributed by atoms with van der Waals surface area (Å²) in [5.74, 6) is -3.21. The van der Waals surface area contributed by atoms with Crippen molar-refractivity contribution in [3.63, 3.8) is 0 Å². The van der Waals surface area contributed by atoms with Crippen molar-refractivity contribution >= 4 is 60.7 Å². The molecule has 0 spiro atoms. The molecule has 0 aromatic heterocycles. The number of hydrogen-bond donors (Lipinski definition) is 3. The highest BCUT2D eigenvalue weighted by molar-refractivity contribution is 7.90. The van der Waals surface area contributed by atoms with Crippen molar-refractivity contribution in [2.24, 2.45) is 5.14 Å². The molecule has 0 fully saturated rings. The van der Waals surface area contributed by atoms with Crippen LogP contribution in [0.4, 0.5) is 0 Å². The van der Waals surface area contributed by atoms with Gasteiger partial charge in [0.2, 0.25) is 31.2 Å². The molecule has 6 aliphatic rings. The normalized spacial score (nSPS) is 15.7. The van der Waals surface area contributed by atoms with Gasteiger partial charge in [-0.2, -0.15) is 0 Å². The molecular formula is C50H63ClN2O12S2. The summed E-state index contributed by atoms with van der Waals surface area (Å²) in [6.45, 7) is 0. The van der Waals surface area contributed by atoms with Crippen LogP contribution in [0.15, 0.2) is 18.2 Å². The van der Waals surface area contributed by atoms with Gasteiger partial charge in [0.25, 0.3) is 0 Å². The third-order valence-corrected chi connectivity index (χ3v) is 15.9. The maximum Gasteiger partial charge on any atom is 0.307 e. The number of rotatable bonds is 13. The van der Waals surface area contributed by atoms with E-state index in [4.69, 9.17) is 16.7 Å². The molecule has 0 saturated heterocycles. The van der Waals surface area contributed by atoms with E-state index in [2.05, 4.69) is 37.5 Å². The van der Waals surface area contributed by atoms with E-state index in [-0.39, 0.29) is 36.7 Å². The number of sulfonamides is 2. The third kappa shape index (κ3) is 14.0. The Morgan fingerprint density at radius 1 is 0.537 bits per heavy atom. The molecule has 0 unspecified atom stereocenters. The van der Waals surface area contributed by atoms with Gasteiger partial charge in [0.1, 0.15) is 0 Å². The fourth-order valence-corrected chi connectivity index (χ4v) is 12.3. The SMILES string of the molecule is COC(=O)CCS(=O)(=O)NC(=O)Cc1c2c(cc3c1CCC3)CCC2.COC(=O)CCS(N)(=O)=O.O=C(Cl)Cc1c2c(cc3c1CCC3)CCC2.O=C(O)Cc1c2c(cc3c1CCC3)CCC2. The van der Waals surface area contributed by atoms with Gasteiger partial charge in [-0.15, -0.1) is 0 Å². The lowest BCUT2D eigenvalue weighted by Crippen LogP contribution is -2.34. The molecule has 364 valence electrons. The molecule has 6 aliphatic carbocycles. The molecule has 0 radical (unpaired) electrons. The number of amides is 1. The van der Waals surface area contributed by atoms with E-state index in [0.717, 1.165) is 88.2 Å². The average Bonchev–Trinajstić information content (AvgIpc) is 4.13. The van der Waals surface area contributed by atoms with Gasteiger partial charge >= 0.3 is 17.9 Å². The largest absolute Gasteiger partial charge is 0.481 e. The number of fused-ring (bicyclic) bond motifs is 6. The summed E-state index contributed by atoms with van der Waals surface area (Å²) in [6.07, 6.45) is 20.5. The fourth-order valence-electron chi connectivity index (χ4n) is 10.8. The van der Waals surface area contributed by atoms with E-state index >= 15 is 0 Å². The number of carboxylic acid groups (broad SMARTS) is 1. The van der Waals surface area contributed by atoms with E-state index in [1.165, 1.54) is 125 Å². The molecule has 0 aliphatic heterocycles. The number of carbonyl (C=O) groups excluding carboxylic acids is 4. The summed E-state index contributed by atoms with van der Waals surface area (Å²) in [5, 5.41) is 13.4. The second-order valence-corrected chi connectivity index (χ2v) is 22.2. The number of hydrogen-bond acceptors (Lipinski definition) is 11. The van der Waals surface area contributed by atoms with Crippen LogP contribution in [0.2, 0.25) is 0 Å². The Morgan fingerprint density at radius 2 is 0.851 bits per heavy atom. The zero-order chi connectivity index (χ0) is 48.5. The van der Waals surface area contributed by atoms with Crippen LogP contribution in [0.25, 0.3) is 0 Å². The summed E-state index contributed by atoms with van der Waals surface area (Å²) < 4.78 is 55.1. The van der Waals surface area contributed by atoms with Crippen molar-refractivity contribution in [2.75, 3.05) is 25.7 Å². The molecule has 17 heteroatoms. The first kappa shape index (κ1) is 51.7. The first-order valence-corrected chi connectivity index (χ1v) is 27.1. The van der Waals surface area contributed by atoms with Gasteiger partial charge in [0.05, 0.1) is 51.4 Å². The first-order chi connectivity index (χ1) is 31.9. The first-order valence-electron chi connectivity index (χ1n) is 23.4. The molecule has 0 atom stereocenters. The van der Waals surface area contributed by atoms with Gasteiger partial charge < -0.3 is 14.6 Å². The molecule has 1 amide bonds. The van der Waals surface area contributed by atoms with Crippen LogP contribution in [0.1, 0.15) is 135 Å². The lowest BCUT2D eigenvalue weighted by atomic mass is 9.92. The van der Waals surface area contributed by atoms with Crippen molar-refractivity contribution in [1.29, 1.82) is 0 Å². The Balaban J connectivity index is 0.000000155. The smallest absolute Gasteiger partial charge is 0.307 e. The van der Waals surface area contributed by atoms with E-state index in [9.17, 15) is 40.8 Å². The van der Waals surface area contributed by atoms with Crippen molar-refractivity contribution < 1.29 is 55.4 Å². The molecule has 0 heterocycles. The van der Waals surface area contributed by atoms with Crippen LogP contribution in [0, 0.1) is 0 Å². The van der Waals surface area contributed by atoms with E-state index in [1.54, 1.807) is 0 Å². The Hall–Kier alpha value is -4.64. The molecule has 0 bridgehead atoms. The molecular weight excluding hydrogens is 920 g/mol. The van der Waals surface area contributed by atoms with Gasteiger partial charge in [-0.3, -0.25) is 28.7 Å². The number of carboxylic acids is 1. The summed E-state index contributed by atoms with van der Waals surface area (Å²) in [5.41, 5.74) is 20.0. The minimum absolute atomic E-state index is 0.0863. The summed E-state index contributed by atoms with van der Waals surface area (Å²) in [4.78, 5) is 55.9. The number of nitrogens with one attached hydrogen (secondary N) is 1. The van der Waals surface area contributed by atoms with Crippen LogP contribution < -0.4 is 9.86 Å². The van der Waals surface area contributed by atoms with Crippen molar-refractivity contribution in [3.05, 3.63) is 102 Å². The Bertz CT molecular complexity index is 2460. The maximum absolute atomic E-state index is 12.3. The predicted molar refractivity (Wildman–Crippen MR) is 254 cm³/mol. The van der Waals surface area contributed by atoms with Crippen LogP contribution in [0.5, 0.6) is 0 Å². The average molecular weight is 984 g/mol. The van der Waals surface area contributed by atoms with Crippen molar-refractivity contribution in [1.82, 2.24) is 4.72 Å². The zero-order valence-corrected chi connectivity index (χ0v) is 41.0. The van der Waals surface area contributed by atoms with Crippen molar-refractivity contribution in [3.8, 4) is 0 Å². The quantitative estimate of drug-likeness (QED) is 0.146. The molecule has 67 heavy (non-hydrogen) atoms. The second-order valence-electron chi connectivity index (χ2n) is 18.2. The minimum atomic E-state index is -3.83. The van der Waals surface area contributed by atoms with Crippen LogP contribution in [-0.4, -0.2) is 76.7 Å². The summed E-state index contributed by atoms with van der Waals surface area (Å²) in [6, 6.07) is 7.00. The maximum atomic E-state index is 12.3. The van der Waals surface area contributed by atoms with E-state index in [0.29, 0.717) is 6.42 Å². The lowest BCUT2D eigenvalue weighted by molar-refractivity contribution is -0.141. The number of methoxy groups -OCH3 is 2. The fraction of sp³-hybridized carbons (Fsp3) is 0.540.